The van der Waals surface area contributed by atoms with Crippen LogP contribution in [0.2, 0.25) is 0 Å². The molecule has 0 bridgehead atoms. The van der Waals surface area contributed by atoms with Crippen molar-refractivity contribution in [3.05, 3.63) is 24.3 Å². The molecule has 2 aromatic rings. The zero-order chi connectivity index (χ0) is 11.7. The highest BCUT2D eigenvalue weighted by Gasteiger charge is 2.18. The number of fused-ring (bicyclic) bond motifs is 1. The van der Waals surface area contributed by atoms with Crippen LogP contribution < -0.4 is 4.90 Å². The van der Waals surface area contributed by atoms with Gasteiger partial charge in [0.15, 0.2) is 5.13 Å². The SMILES string of the molecule is Br.CCN1CCN(c2nc3ccccc3s2)CC1. The highest BCUT2D eigenvalue weighted by molar-refractivity contribution is 8.93. The standard InChI is InChI=1S/C13H17N3S.BrH/c1-2-15-7-9-16(10-8-15)13-14-11-5-3-4-6-12(11)17-13;/h3-6H,2,7-10H2,1H3;1H. The first-order chi connectivity index (χ1) is 8.36. The summed E-state index contributed by atoms with van der Waals surface area (Å²) in [5.41, 5.74) is 1.13. The van der Waals surface area contributed by atoms with Crippen LogP contribution in [0.5, 0.6) is 0 Å². The second-order valence-electron chi connectivity index (χ2n) is 4.39. The lowest BCUT2D eigenvalue weighted by Gasteiger charge is -2.33. The molecule has 0 aliphatic carbocycles. The van der Waals surface area contributed by atoms with Crippen molar-refractivity contribution in [3.8, 4) is 0 Å². The van der Waals surface area contributed by atoms with E-state index in [0.717, 1.165) is 38.2 Å². The van der Waals surface area contributed by atoms with E-state index in [1.165, 1.54) is 9.83 Å². The minimum atomic E-state index is 0. The van der Waals surface area contributed by atoms with Crippen LogP contribution >= 0.6 is 28.3 Å². The van der Waals surface area contributed by atoms with E-state index < -0.39 is 0 Å². The van der Waals surface area contributed by atoms with Crippen LogP contribution in [0, 0.1) is 0 Å². The van der Waals surface area contributed by atoms with Crippen molar-refractivity contribution in [2.24, 2.45) is 0 Å². The van der Waals surface area contributed by atoms with Crippen molar-refractivity contribution in [1.29, 1.82) is 0 Å². The number of rotatable bonds is 2. The number of anilines is 1. The zero-order valence-electron chi connectivity index (χ0n) is 10.5. The van der Waals surface area contributed by atoms with Gasteiger partial charge in [0.25, 0.3) is 0 Å². The summed E-state index contributed by atoms with van der Waals surface area (Å²) < 4.78 is 1.29. The summed E-state index contributed by atoms with van der Waals surface area (Å²) in [5.74, 6) is 0. The first-order valence-corrected chi connectivity index (χ1v) is 7.01. The number of nitrogens with zero attached hydrogens (tertiary/aromatic N) is 3. The van der Waals surface area contributed by atoms with E-state index in [4.69, 9.17) is 4.98 Å². The lowest BCUT2D eigenvalue weighted by molar-refractivity contribution is 0.271. The maximum Gasteiger partial charge on any atom is 0.186 e. The number of para-hydroxylation sites is 1. The third kappa shape index (κ3) is 2.68. The molecule has 1 saturated heterocycles. The van der Waals surface area contributed by atoms with Gasteiger partial charge in [0.05, 0.1) is 10.2 Å². The summed E-state index contributed by atoms with van der Waals surface area (Å²) in [4.78, 5) is 9.62. The Bertz CT molecular complexity index is 473. The highest BCUT2D eigenvalue weighted by atomic mass is 79.9. The van der Waals surface area contributed by atoms with Gasteiger partial charge in [-0.1, -0.05) is 30.4 Å². The molecule has 1 aliphatic rings. The number of aromatic nitrogens is 1. The van der Waals surface area contributed by atoms with Crippen LogP contribution in [0.25, 0.3) is 10.2 Å². The Balaban J connectivity index is 0.00000120. The van der Waals surface area contributed by atoms with Crippen LogP contribution in [-0.2, 0) is 0 Å². The van der Waals surface area contributed by atoms with Gasteiger partial charge in [0.1, 0.15) is 0 Å². The van der Waals surface area contributed by atoms with Crippen molar-refractivity contribution in [1.82, 2.24) is 9.88 Å². The van der Waals surface area contributed by atoms with Gasteiger partial charge in [0.2, 0.25) is 0 Å². The van der Waals surface area contributed by atoms with Crippen molar-refractivity contribution in [2.75, 3.05) is 37.6 Å². The third-order valence-electron chi connectivity index (χ3n) is 3.37. The maximum atomic E-state index is 4.71. The first-order valence-electron chi connectivity index (χ1n) is 6.19. The van der Waals surface area contributed by atoms with E-state index in [1.807, 2.05) is 11.3 Å². The average Bonchev–Trinajstić information content (AvgIpc) is 2.82. The summed E-state index contributed by atoms with van der Waals surface area (Å²) in [6, 6.07) is 8.39. The van der Waals surface area contributed by atoms with Gasteiger partial charge in [-0.2, -0.15) is 0 Å². The van der Waals surface area contributed by atoms with Gasteiger partial charge in [0, 0.05) is 26.2 Å². The zero-order valence-corrected chi connectivity index (χ0v) is 13.0. The van der Waals surface area contributed by atoms with Crippen LogP contribution in [0.4, 0.5) is 5.13 Å². The van der Waals surface area contributed by atoms with Crippen LogP contribution in [0.3, 0.4) is 0 Å². The van der Waals surface area contributed by atoms with Crippen molar-refractivity contribution >= 4 is 43.7 Å². The summed E-state index contributed by atoms with van der Waals surface area (Å²) in [6.07, 6.45) is 0. The summed E-state index contributed by atoms with van der Waals surface area (Å²) >= 11 is 1.81. The molecule has 0 radical (unpaired) electrons. The number of thiazole rings is 1. The smallest absolute Gasteiger partial charge is 0.186 e. The van der Waals surface area contributed by atoms with Gasteiger partial charge in [-0.05, 0) is 18.7 Å². The molecule has 2 heterocycles. The van der Waals surface area contributed by atoms with E-state index >= 15 is 0 Å². The van der Waals surface area contributed by atoms with Gasteiger partial charge in [-0.3, -0.25) is 0 Å². The molecule has 0 N–H and O–H groups in total. The second kappa shape index (κ2) is 5.99. The molecule has 5 heteroatoms. The maximum absolute atomic E-state index is 4.71. The molecule has 18 heavy (non-hydrogen) atoms. The van der Waals surface area contributed by atoms with Crippen molar-refractivity contribution in [3.63, 3.8) is 0 Å². The Hall–Kier alpha value is -0.650. The molecular weight excluding hydrogens is 310 g/mol. The number of halogens is 1. The molecule has 1 aliphatic heterocycles. The monoisotopic (exact) mass is 327 g/mol. The third-order valence-corrected chi connectivity index (χ3v) is 4.47. The molecule has 1 aromatic heterocycles. The molecule has 0 saturated carbocycles. The van der Waals surface area contributed by atoms with Gasteiger partial charge < -0.3 is 9.80 Å². The fourth-order valence-corrected chi connectivity index (χ4v) is 3.27. The lowest BCUT2D eigenvalue weighted by Crippen LogP contribution is -2.46. The van der Waals surface area contributed by atoms with Crippen LogP contribution in [0.1, 0.15) is 6.92 Å². The minimum absolute atomic E-state index is 0. The molecular formula is C13H18BrN3S. The summed E-state index contributed by atoms with van der Waals surface area (Å²) in [6.45, 7) is 7.92. The molecule has 0 spiro atoms. The first kappa shape index (κ1) is 13.8. The fourth-order valence-electron chi connectivity index (χ4n) is 2.25. The molecule has 0 atom stereocenters. The quantitative estimate of drug-likeness (QED) is 0.845. The molecule has 1 fully saturated rings. The Morgan fingerprint density at radius 3 is 2.56 bits per heavy atom. The Kier molecular flexibility index (Phi) is 4.59. The van der Waals surface area contributed by atoms with E-state index in [1.54, 1.807) is 0 Å². The molecule has 3 nitrogen and oxygen atoms in total. The topological polar surface area (TPSA) is 19.4 Å². The van der Waals surface area contributed by atoms with Crippen LogP contribution in [0.15, 0.2) is 24.3 Å². The van der Waals surface area contributed by atoms with E-state index in [2.05, 4.69) is 41.0 Å². The number of hydrogen-bond acceptors (Lipinski definition) is 4. The van der Waals surface area contributed by atoms with E-state index in [-0.39, 0.29) is 17.0 Å². The highest BCUT2D eigenvalue weighted by Crippen LogP contribution is 2.28. The normalized spacial score (nSPS) is 16.8. The number of likely N-dealkylation sites (N-methyl/N-ethyl adjacent to an activating group) is 1. The number of benzene rings is 1. The Morgan fingerprint density at radius 2 is 1.89 bits per heavy atom. The molecule has 98 valence electrons. The van der Waals surface area contributed by atoms with E-state index in [9.17, 15) is 0 Å². The Labute approximate surface area is 122 Å². The van der Waals surface area contributed by atoms with Gasteiger partial charge in [-0.15, -0.1) is 17.0 Å². The molecule has 0 amide bonds. The number of piperazine rings is 1. The summed E-state index contributed by atoms with van der Waals surface area (Å²) in [7, 11) is 0. The second-order valence-corrected chi connectivity index (χ2v) is 5.39. The van der Waals surface area contributed by atoms with Crippen LogP contribution in [-0.4, -0.2) is 42.6 Å². The lowest BCUT2D eigenvalue weighted by atomic mass is 10.3. The van der Waals surface area contributed by atoms with Gasteiger partial charge in [-0.25, -0.2) is 4.98 Å². The predicted octanol–water partition coefficient (Wildman–Crippen LogP) is 3.02. The van der Waals surface area contributed by atoms with Crippen molar-refractivity contribution in [2.45, 2.75) is 6.92 Å². The number of hydrogen-bond donors (Lipinski definition) is 0. The molecule has 1 aromatic carbocycles. The predicted molar refractivity (Wildman–Crippen MR) is 84.3 cm³/mol. The average molecular weight is 328 g/mol. The minimum Gasteiger partial charge on any atom is -0.345 e. The van der Waals surface area contributed by atoms with Crippen molar-refractivity contribution < 1.29 is 0 Å². The fraction of sp³-hybridized carbons (Fsp3) is 0.462. The molecule has 0 unspecified atom stereocenters. The largest absolute Gasteiger partial charge is 0.345 e. The van der Waals surface area contributed by atoms with E-state index in [0.29, 0.717) is 0 Å². The van der Waals surface area contributed by atoms with Gasteiger partial charge >= 0.3 is 0 Å². The summed E-state index contributed by atoms with van der Waals surface area (Å²) in [5, 5.41) is 1.18. The molecule has 3 rings (SSSR count). The Morgan fingerprint density at radius 1 is 1.17 bits per heavy atom.